The summed E-state index contributed by atoms with van der Waals surface area (Å²) in [6.07, 6.45) is 1.81. The van der Waals surface area contributed by atoms with Gasteiger partial charge in [-0.15, -0.1) is 12.4 Å². The van der Waals surface area contributed by atoms with Gasteiger partial charge in [0.1, 0.15) is 0 Å². The number of sulfonamides is 1. The minimum absolute atomic E-state index is 0. The minimum atomic E-state index is -3.50. The largest absolute Gasteiger partial charge is 0.316 e. The van der Waals surface area contributed by atoms with Crippen molar-refractivity contribution in [2.75, 3.05) is 37.6 Å². The van der Waals surface area contributed by atoms with E-state index >= 15 is 0 Å². The van der Waals surface area contributed by atoms with Crippen molar-refractivity contribution in [1.82, 2.24) is 9.62 Å². The van der Waals surface area contributed by atoms with Gasteiger partial charge in [-0.2, -0.15) is 4.31 Å². The number of aryl methyl sites for hydroxylation is 1. The molecule has 0 saturated carbocycles. The van der Waals surface area contributed by atoms with E-state index in [0.717, 1.165) is 37.2 Å². The lowest BCUT2D eigenvalue weighted by Gasteiger charge is -2.29. The molecule has 138 valence electrons. The number of anilines is 1. The van der Waals surface area contributed by atoms with E-state index in [1.54, 1.807) is 21.3 Å². The van der Waals surface area contributed by atoms with Gasteiger partial charge in [0.05, 0.1) is 4.90 Å². The summed E-state index contributed by atoms with van der Waals surface area (Å²) < 4.78 is 27.7. The third-order valence-electron chi connectivity index (χ3n) is 5.55. The zero-order valence-corrected chi connectivity index (χ0v) is 15.9. The van der Waals surface area contributed by atoms with Crippen LogP contribution in [0.2, 0.25) is 0 Å². The molecule has 2 atom stereocenters. The van der Waals surface area contributed by atoms with Gasteiger partial charge in [-0.3, -0.25) is 4.79 Å². The van der Waals surface area contributed by atoms with Crippen LogP contribution >= 0.6 is 12.4 Å². The third kappa shape index (κ3) is 3.18. The molecular formula is C17H24ClN3O3S. The molecule has 3 heterocycles. The van der Waals surface area contributed by atoms with Gasteiger partial charge in [-0.1, -0.05) is 6.07 Å². The van der Waals surface area contributed by atoms with Gasteiger partial charge in [-0.05, 0) is 55.5 Å². The Kier molecular flexibility index (Phi) is 5.12. The second-order valence-corrected chi connectivity index (χ2v) is 9.00. The lowest BCUT2D eigenvalue weighted by molar-refractivity contribution is -0.116. The van der Waals surface area contributed by atoms with Crippen molar-refractivity contribution >= 4 is 34.0 Å². The molecule has 0 aromatic heterocycles. The van der Waals surface area contributed by atoms with Crippen LogP contribution in [0.15, 0.2) is 23.1 Å². The van der Waals surface area contributed by atoms with Crippen molar-refractivity contribution in [3.63, 3.8) is 0 Å². The Morgan fingerprint density at radius 1 is 1.20 bits per heavy atom. The molecule has 0 bridgehead atoms. The molecule has 1 amide bonds. The molecule has 0 radical (unpaired) electrons. The molecule has 1 N–H and O–H groups in total. The predicted octanol–water partition coefficient (Wildman–Crippen LogP) is 1.25. The van der Waals surface area contributed by atoms with Crippen molar-refractivity contribution < 1.29 is 13.2 Å². The SMILES string of the molecule is CC(=O)N1CCCc2ccc(S(=O)(=O)N3C[C@H]4CNC[C@H]4C3)cc21.Cl. The summed E-state index contributed by atoms with van der Waals surface area (Å²) in [6.45, 7) is 5.18. The first-order valence-electron chi connectivity index (χ1n) is 8.59. The van der Waals surface area contributed by atoms with Crippen molar-refractivity contribution in [3.8, 4) is 0 Å². The monoisotopic (exact) mass is 385 g/mol. The number of rotatable bonds is 2. The van der Waals surface area contributed by atoms with E-state index < -0.39 is 10.0 Å². The fraction of sp³-hybridized carbons (Fsp3) is 0.588. The number of nitrogens with zero attached hydrogens (tertiary/aromatic N) is 2. The molecular weight excluding hydrogens is 362 g/mol. The Hall–Kier alpha value is -1.15. The number of hydrogen-bond donors (Lipinski definition) is 1. The van der Waals surface area contributed by atoms with Crippen LogP contribution in [0.3, 0.4) is 0 Å². The number of nitrogens with one attached hydrogen (secondary N) is 1. The van der Waals surface area contributed by atoms with Crippen LogP contribution in [0.4, 0.5) is 5.69 Å². The maximum absolute atomic E-state index is 13.0. The fourth-order valence-electron chi connectivity index (χ4n) is 4.20. The summed E-state index contributed by atoms with van der Waals surface area (Å²) in [5.74, 6) is 0.810. The molecule has 6 nitrogen and oxygen atoms in total. The van der Waals surface area contributed by atoms with Gasteiger partial charge in [0.25, 0.3) is 0 Å². The Balaban J connectivity index is 0.00000182. The van der Waals surface area contributed by atoms with E-state index in [9.17, 15) is 13.2 Å². The first-order valence-corrected chi connectivity index (χ1v) is 10.0. The average Bonchev–Trinajstić information content (AvgIpc) is 3.15. The summed E-state index contributed by atoms with van der Waals surface area (Å²) in [5, 5.41) is 3.33. The van der Waals surface area contributed by atoms with E-state index in [-0.39, 0.29) is 18.3 Å². The lowest BCUT2D eigenvalue weighted by atomic mass is 10.0. The number of benzene rings is 1. The molecule has 1 aromatic carbocycles. The van der Waals surface area contributed by atoms with Crippen molar-refractivity contribution in [3.05, 3.63) is 23.8 Å². The number of carbonyl (C=O) groups excluding carboxylic acids is 1. The minimum Gasteiger partial charge on any atom is -0.316 e. The average molecular weight is 386 g/mol. The third-order valence-corrected chi connectivity index (χ3v) is 7.38. The second kappa shape index (κ2) is 6.87. The van der Waals surface area contributed by atoms with E-state index in [4.69, 9.17) is 0 Å². The highest BCUT2D eigenvalue weighted by atomic mass is 35.5. The summed E-state index contributed by atoms with van der Waals surface area (Å²) in [5.41, 5.74) is 1.81. The Morgan fingerprint density at radius 3 is 2.52 bits per heavy atom. The molecule has 0 spiro atoms. The van der Waals surface area contributed by atoms with Crippen LogP contribution in [-0.4, -0.2) is 51.4 Å². The first kappa shape index (κ1) is 18.6. The molecule has 3 aliphatic heterocycles. The fourth-order valence-corrected chi connectivity index (χ4v) is 5.77. The van der Waals surface area contributed by atoms with Gasteiger partial charge in [-0.25, -0.2) is 8.42 Å². The maximum atomic E-state index is 13.0. The predicted molar refractivity (Wildman–Crippen MR) is 98.6 cm³/mol. The van der Waals surface area contributed by atoms with Crippen molar-refractivity contribution in [1.29, 1.82) is 0 Å². The van der Waals surface area contributed by atoms with Gasteiger partial charge in [0.15, 0.2) is 0 Å². The number of amides is 1. The zero-order valence-electron chi connectivity index (χ0n) is 14.3. The highest BCUT2D eigenvalue weighted by molar-refractivity contribution is 7.89. The van der Waals surface area contributed by atoms with Crippen LogP contribution in [0.1, 0.15) is 18.9 Å². The van der Waals surface area contributed by atoms with Crippen LogP contribution in [0.25, 0.3) is 0 Å². The van der Waals surface area contributed by atoms with E-state index in [0.29, 0.717) is 36.4 Å². The normalized spacial score (nSPS) is 26.0. The molecule has 3 aliphatic rings. The molecule has 2 fully saturated rings. The quantitative estimate of drug-likeness (QED) is 0.831. The molecule has 4 rings (SSSR count). The summed E-state index contributed by atoms with van der Waals surface area (Å²) in [7, 11) is -3.50. The molecule has 8 heteroatoms. The van der Waals surface area contributed by atoms with Crippen LogP contribution in [-0.2, 0) is 21.2 Å². The summed E-state index contributed by atoms with van der Waals surface area (Å²) >= 11 is 0. The van der Waals surface area contributed by atoms with Gasteiger partial charge >= 0.3 is 0 Å². The molecule has 1 aromatic rings. The van der Waals surface area contributed by atoms with E-state index in [2.05, 4.69) is 5.32 Å². The zero-order chi connectivity index (χ0) is 16.9. The number of fused-ring (bicyclic) bond motifs is 2. The number of halogens is 1. The molecule has 0 unspecified atom stereocenters. The topological polar surface area (TPSA) is 69.7 Å². The number of hydrogen-bond acceptors (Lipinski definition) is 4. The molecule has 25 heavy (non-hydrogen) atoms. The van der Waals surface area contributed by atoms with Gasteiger partial charge < -0.3 is 10.2 Å². The Bertz CT molecular complexity index is 771. The van der Waals surface area contributed by atoms with Crippen LogP contribution in [0, 0.1) is 11.8 Å². The number of carbonyl (C=O) groups is 1. The molecule has 2 saturated heterocycles. The first-order chi connectivity index (χ1) is 11.5. The Labute approximate surface area is 155 Å². The maximum Gasteiger partial charge on any atom is 0.243 e. The van der Waals surface area contributed by atoms with E-state index in [1.807, 2.05) is 6.07 Å². The summed E-state index contributed by atoms with van der Waals surface area (Å²) in [6, 6.07) is 5.26. The van der Waals surface area contributed by atoms with Crippen LogP contribution in [0.5, 0.6) is 0 Å². The highest BCUT2D eigenvalue weighted by Crippen LogP contribution is 2.34. The van der Waals surface area contributed by atoms with Crippen LogP contribution < -0.4 is 10.2 Å². The van der Waals surface area contributed by atoms with Gasteiger partial charge in [0.2, 0.25) is 15.9 Å². The standard InChI is InChI=1S/C17H23N3O3S.ClH/c1-12(21)20-6-2-3-13-4-5-16(7-17(13)20)24(22,23)19-10-14-8-18-9-15(14)11-19;/h4-5,7,14-15,18H,2-3,6,8-11H2,1H3;1H/t14-,15+;. The van der Waals surface area contributed by atoms with Gasteiger partial charge in [0, 0.05) is 32.2 Å². The lowest BCUT2D eigenvalue weighted by Crippen LogP contribution is -2.35. The highest BCUT2D eigenvalue weighted by Gasteiger charge is 2.41. The Morgan fingerprint density at radius 2 is 1.88 bits per heavy atom. The smallest absolute Gasteiger partial charge is 0.243 e. The molecule has 0 aliphatic carbocycles. The summed E-state index contributed by atoms with van der Waals surface area (Å²) in [4.78, 5) is 13.9. The second-order valence-electron chi connectivity index (χ2n) is 7.07. The van der Waals surface area contributed by atoms with Crippen molar-refractivity contribution in [2.24, 2.45) is 11.8 Å². The van der Waals surface area contributed by atoms with Crippen molar-refractivity contribution in [2.45, 2.75) is 24.7 Å². The van der Waals surface area contributed by atoms with E-state index in [1.165, 1.54) is 6.92 Å².